The van der Waals surface area contributed by atoms with Crippen molar-refractivity contribution in [1.82, 2.24) is 0 Å². The normalized spacial score (nSPS) is 12.2. The third-order valence-corrected chi connectivity index (χ3v) is 1.05. The van der Waals surface area contributed by atoms with Gasteiger partial charge in [0, 0.05) is 13.8 Å². The molecule has 4 nitrogen and oxygen atoms in total. The first kappa shape index (κ1) is 8.68. The lowest BCUT2D eigenvalue weighted by atomic mass is 10.2. The third kappa shape index (κ3) is 1.89. The van der Waals surface area contributed by atoms with Crippen LogP contribution >= 0.6 is 0 Å². The van der Waals surface area contributed by atoms with Crippen molar-refractivity contribution in [1.29, 1.82) is 0 Å². The maximum absolute atomic E-state index is 10.5. The van der Waals surface area contributed by atoms with Crippen molar-refractivity contribution >= 4 is 11.6 Å². The minimum absolute atomic E-state index is 0.160. The summed E-state index contributed by atoms with van der Waals surface area (Å²) in [6.07, 6.45) is 0. The summed E-state index contributed by atoms with van der Waals surface area (Å²) in [6, 6.07) is 0. The molecule has 0 aromatic rings. The van der Waals surface area contributed by atoms with Crippen LogP contribution in [0.2, 0.25) is 0 Å². The second kappa shape index (κ2) is 3.00. The molecule has 0 aliphatic heterocycles. The molecule has 0 saturated carbocycles. The van der Waals surface area contributed by atoms with E-state index in [1.54, 1.807) is 0 Å². The highest BCUT2D eigenvalue weighted by atomic mass is 16.1. The predicted octanol–water partition coefficient (Wildman–Crippen LogP) is -0.707. The highest BCUT2D eigenvalue weighted by Crippen LogP contribution is 1.92. The van der Waals surface area contributed by atoms with Gasteiger partial charge in [0.15, 0.2) is 11.6 Å². The van der Waals surface area contributed by atoms with Gasteiger partial charge >= 0.3 is 0 Å². The Morgan fingerprint density at radius 1 is 0.900 bits per heavy atom. The summed E-state index contributed by atoms with van der Waals surface area (Å²) in [5.41, 5.74) is 9.97. The molecule has 0 rings (SSSR count). The van der Waals surface area contributed by atoms with Gasteiger partial charge in [-0.1, -0.05) is 0 Å². The highest BCUT2D eigenvalue weighted by molar-refractivity contribution is 6.03. The number of allylic oxidation sites excluding steroid dienone is 2. The van der Waals surface area contributed by atoms with Gasteiger partial charge in [-0.15, -0.1) is 0 Å². The summed E-state index contributed by atoms with van der Waals surface area (Å²) in [5, 5.41) is 0. The van der Waals surface area contributed by atoms with Crippen LogP contribution < -0.4 is 11.5 Å². The van der Waals surface area contributed by atoms with E-state index in [1.807, 2.05) is 0 Å². The molecular formula is C6H10N2O2. The lowest BCUT2D eigenvalue weighted by Crippen LogP contribution is -2.20. The fourth-order valence-corrected chi connectivity index (χ4v) is 0.379. The molecule has 0 fully saturated rings. The van der Waals surface area contributed by atoms with Crippen molar-refractivity contribution in [3.05, 3.63) is 11.4 Å². The molecule has 4 N–H and O–H groups in total. The lowest BCUT2D eigenvalue weighted by Gasteiger charge is -1.98. The van der Waals surface area contributed by atoms with Gasteiger partial charge < -0.3 is 11.5 Å². The molecule has 0 aromatic heterocycles. The van der Waals surface area contributed by atoms with Crippen molar-refractivity contribution in [2.24, 2.45) is 11.5 Å². The van der Waals surface area contributed by atoms with Crippen LogP contribution in [-0.2, 0) is 9.59 Å². The van der Waals surface area contributed by atoms with Gasteiger partial charge in [-0.3, -0.25) is 9.59 Å². The van der Waals surface area contributed by atoms with Crippen LogP contribution in [0.15, 0.2) is 11.4 Å². The Labute approximate surface area is 58.9 Å². The van der Waals surface area contributed by atoms with Crippen molar-refractivity contribution in [3.63, 3.8) is 0 Å². The van der Waals surface area contributed by atoms with Gasteiger partial charge in [0.25, 0.3) is 0 Å². The maximum Gasteiger partial charge on any atom is 0.177 e. The average Bonchev–Trinajstić information content (AvgIpc) is 1.84. The minimum Gasteiger partial charge on any atom is -0.394 e. The molecule has 0 bridgehead atoms. The van der Waals surface area contributed by atoms with Crippen LogP contribution in [0.25, 0.3) is 0 Å². The molecule has 0 aliphatic carbocycles. The second-order valence-electron chi connectivity index (χ2n) is 1.94. The van der Waals surface area contributed by atoms with E-state index in [9.17, 15) is 9.59 Å². The number of carbonyl (C=O) groups excluding carboxylic acids is 2. The summed E-state index contributed by atoms with van der Waals surface area (Å²) in [5.74, 6) is -0.764. The van der Waals surface area contributed by atoms with Crippen LogP contribution in [0, 0.1) is 0 Å². The van der Waals surface area contributed by atoms with Crippen LogP contribution in [-0.4, -0.2) is 11.6 Å². The van der Waals surface area contributed by atoms with E-state index in [1.165, 1.54) is 13.8 Å². The molecule has 0 aromatic carbocycles. The zero-order valence-electron chi connectivity index (χ0n) is 5.97. The number of carbonyl (C=O) groups is 2. The quantitative estimate of drug-likeness (QED) is 0.499. The molecule has 0 heterocycles. The van der Waals surface area contributed by atoms with Gasteiger partial charge in [-0.2, -0.15) is 0 Å². The van der Waals surface area contributed by atoms with Gasteiger partial charge in [-0.25, -0.2) is 0 Å². The van der Waals surface area contributed by atoms with Gasteiger partial charge in [0.05, 0.1) is 0 Å². The Kier molecular flexibility index (Phi) is 2.61. The first-order chi connectivity index (χ1) is 4.46. The zero-order chi connectivity index (χ0) is 8.31. The monoisotopic (exact) mass is 142 g/mol. The first-order valence-electron chi connectivity index (χ1n) is 2.74. The molecule has 0 unspecified atom stereocenters. The first-order valence-corrected chi connectivity index (χ1v) is 2.74. The van der Waals surface area contributed by atoms with Crippen molar-refractivity contribution in [3.8, 4) is 0 Å². The van der Waals surface area contributed by atoms with Crippen LogP contribution in [0.4, 0.5) is 0 Å². The second-order valence-corrected chi connectivity index (χ2v) is 1.94. The van der Waals surface area contributed by atoms with Gasteiger partial charge in [-0.05, 0) is 0 Å². The molecule has 0 spiro atoms. The molecule has 0 atom stereocenters. The summed E-state index contributed by atoms with van der Waals surface area (Å²) < 4.78 is 0. The fourth-order valence-electron chi connectivity index (χ4n) is 0.379. The summed E-state index contributed by atoms with van der Waals surface area (Å²) in [4.78, 5) is 20.9. The Balaban J connectivity index is 4.67. The summed E-state index contributed by atoms with van der Waals surface area (Å²) in [6.45, 7) is 2.51. The van der Waals surface area contributed by atoms with E-state index in [2.05, 4.69) is 0 Å². The van der Waals surface area contributed by atoms with E-state index in [4.69, 9.17) is 11.5 Å². The standard InChI is InChI=1S/C6H10N2O2/c1-3(9)5(7)6(8)4(2)10/h7-8H2,1-2H3/b6-5-. The largest absolute Gasteiger partial charge is 0.394 e. The van der Waals surface area contributed by atoms with Crippen LogP contribution in [0.1, 0.15) is 13.8 Å². The SMILES string of the molecule is CC(=O)/C(N)=C(/N)C(C)=O. The van der Waals surface area contributed by atoms with Crippen molar-refractivity contribution < 1.29 is 9.59 Å². The van der Waals surface area contributed by atoms with E-state index in [0.717, 1.165) is 0 Å². The molecule has 0 aliphatic rings. The average molecular weight is 142 g/mol. The van der Waals surface area contributed by atoms with Crippen LogP contribution in [0.3, 0.4) is 0 Å². The summed E-state index contributed by atoms with van der Waals surface area (Å²) >= 11 is 0. The molecule has 10 heavy (non-hydrogen) atoms. The third-order valence-electron chi connectivity index (χ3n) is 1.05. The molecule has 0 radical (unpaired) electrons. The Morgan fingerprint density at radius 2 is 1.10 bits per heavy atom. The zero-order valence-corrected chi connectivity index (χ0v) is 5.97. The van der Waals surface area contributed by atoms with Crippen LogP contribution in [0.5, 0.6) is 0 Å². The number of hydrogen-bond donors (Lipinski definition) is 2. The molecule has 56 valence electrons. The van der Waals surface area contributed by atoms with Crippen molar-refractivity contribution in [2.45, 2.75) is 13.8 Å². The number of hydrogen-bond acceptors (Lipinski definition) is 4. The van der Waals surface area contributed by atoms with E-state index in [-0.39, 0.29) is 23.0 Å². The fraction of sp³-hybridized carbons (Fsp3) is 0.333. The molecule has 4 heteroatoms. The van der Waals surface area contributed by atoms with Crippen molar-refractivity contribution in [2.75, 3.05) is 0 Å². The Hall–Kier alpha value is -1.32. The molecule has 0 amide bonds. The predicted molar refractivity (Wildman–Crippen MR) is 36.8 cm³/mol. The molecule has 0 saturated heterocycles. The molecular weight excluding hydrogens is 132 g/mol. The van der Waals surface area contributed by atoms with E-state index in [0.29, 0.717) is 0 Å². The van der Waals surface area contributed by atoms with E-state index < -0.39 is 0 Å². The highest BCUT2D eigenvalue weighted by Gasteiger charge is 2.07. The Bertz CT molecular complexity index is 184. The Morgan fingerprint density at radius 3 is 1.20 bits per heavy atom. The lowest BCUT2D eigenvalue weighted by molar-refractivity contribution is -0.116. The smallest absolute Gasteiger partial charge is 0.177 e. The number of Topliss-reactive ketones (excluding diaryl/α,β-unsaturated/α-hetero) is 2. The number of nitrogens with two attached hydrogens (primary N) is 2. The van der Waals surface area contributed by atoms with E-state index >= 15 is 0 Å². The topological polar surface area (TPSA) is 86.2 Å². The van der Waals surface area contributed by atoms with Gasteiger partial charge in [0.2, 0.25) is 0 Å². The van der Waals surface area contributed by atoms with Gasteiger partial charge in [0.1, 0.15) is 11.4 Å². The number of ketones is 2. The maximum atomic E-state index is 10.5. The summed E-state index contributed by atoms with van der Waals surface area (Å²) in [7, 11) is 0. The minimum atomic E-state index is -0.382. The number of rotatable bonds is 2.